The van der Waals surface area contributed by atoms with Gasteiger partial charge in [0.15, 0.2) is 0 Å². The van der Waals surface area contributed by atoms with Crippen LogP contribution >= 0.6 is 34.8 Å². The third kappa shape index (κ3) is 5.40. The van der Waals surface area contributed by atoms with Crippen LogP contribution in [0, 0.1) is 5.41 Å². The Morgan fingerprint density at radius 1 is 1.40 bits per heavy atom. The number of allylic oxidation sites excluding steroid dienone is 1. The van der Waals surface area contributed by atoms with Gasteiger partial charge in [0, 0.05) is 5.54 Å². The molecule has 0 N–H and O–H groups in total. The second-order valence-corrected chi connectivity index (χ2v) is 4.41. The van der Waals surface area contributed by atoms with Crippen molar-refractivity contribution in [3.63, 3.8) is 0 Å². The largest absolute Gasteiger partial charge is 0.108 e. The highest BCUT2D eigenvalue weighted by Gasteiger charge is 2.17. The monoisotopic (exact) mass is 200 g/mol. The van der Waals surface area contributed by atoms with Crippen molar-refractivity contribution in [1.29, 1.82) is 0 Å². The Labute approximate surface area is 77.1 Å². The van der Waals surface area contributed by atoms with E-state index in [1.165, 1.54) is 5.54 Å². The summed E-state index contributed by atoms with van der Waals surface area (Å²) in [6.45, 7) is 4.06. The second-order valence-electron chi connectivity index (χ2n) is 2.88. The van der Waals surface area contributed by atoms with Crippen LogP contribution in [0.2, 0.25) is 0 Å². The van der Waals surface area contributed by atoms with Crippen LogP contribution in [0.1, 0.15) is 20.3 Å². The van der Waals surface area contributed by atoms with Gasteiger partial charge in [-0.05, 0) is 11.8 Å². The third-order valence-corrected chi connectivity index (χ3v) is 1.63. The van der Waals surface area contributed by atoms with E-state index < -0.39 is 0 Å². The van der Waals surface area contributed by atoms with E-state index in [0.717, 1.165) is 6.42 Å². The Morgan fingerprint density at radius 3 is 2.20 bits per heavy atom. The van der Waals surface area contributed by atoms with Gasteiger partial charge >= 0.3 is 0 Å². The van der Waals surface area contributed by atoms with E-state index in [-0.39, 0.29) is 10.3 Å². The molecule has 0 unspecified atom stereocenters. The molecule has 0 aromatic rings. The molecule has 0 saturated carbocycles. The average Bonchev–Trinajstić information content (AvgIpc) is 1.59. The Hall–Kier alpha value is 0.610. The summed E-state index contributed by atoms with van der Waals surface area (Å²) in [4.78, 5) is -0.317. The van der Waals surface area contributed by atoms with Gasteiger partial charge in [-0.15, -0.1) is 23.2 Å². The maximum absolute atomic E-state index is 5.59. The topological polar surface area (TPSA) is 0 Å². The lowest BCUT2D eigenvalue weighted by Gasteiger charge is -2.19. The van der Waals surface area contributed by atoms with Gasteiger partial charge < -0.3 is 0 Å². The number of rotatable bonds is 3. The quantitative estimate of drug-likeness (QED) is 0.607. The van der Waals surface area contributed by atoms with Crippen LogP contribution in [0.3, 0.4) is 0 Å². The first-order valence-corrected chi connectivity index (χ1v) is 4.35. The van der Waals surface area contributed by atoms with Crippen LogP contribution < -0.4 is 0 Å². The molecule has 0 aromatic heterocycles. The molecule has 0 atom stereocenters. The molecule has 0 heterocycles. The predicted molar refractivity (Wildman–Crippen MR) is 48.9 cm³/mol. The van der Waals surface area contributed by atoms with E-state index in [9.17, 15) is 0 Å². The van der Waals surface area contributed by atoms with E-state index >= 15 is 0 Å². The van der Waals surface area contributed by atoms with Crippen molar-refractivity contribution in [2.75, 3.05) is 0 Å². The molecule has 0 radical (unpaired) electrons. The van der Waals surface area contributed by atoms with Crippen LogP contribution in [-0.2, 0) is 0 Å². The molecule has 60 valence electrons. The molecule has 0 aliphatic carbocycles. The summed E-state index contributed by atoms with van der Waals surface area (Å²) in [5.41, 5.74) is 1.49. The fourth-order valence-corrected chi connectivity index (χ4v) is 1.77. The lowest BCUT2D eigenvalue weighted by atomic mass is 9.91. The Balaban J connectivity index is 3.86. The van der Waals surface area contributed by atoms with E-state index in [2.05, 4.69) is 0 Å². The molecule has 0 aromatic carbocycles. The fraction of sp³-hybridized carbons (Fsp3) is 0.714. The third-order valence-electron chi connectivity index (χ3n) is 1.19. The van der Waals surface area contributed by atoms with Gasteiger partial charge in [-0.25, -0.2) is 0 Å². The Kier molecular flexibility index (Phi) is 4.75. The highest BCUT2D eigenvalue weighted by Crippen LogP contribution is 2.28. The van der Waals surface area contributed by atoms with Crippen molar-refractivity contribution in [3.05, 3.63) is 11.6 Å². The fourth-order valence-electron chi connectivity index (χ4n) is 0.636. The van der Waals surface area contributed by atoms with Gasteiger partial charge in [-0.1, -0.05) is 31.5 Å². The SMILES string of the molecule is CC(C)(C=CCl)CC(Cl)Cl. The summed E-state index contributed by atoms with van der Waals surface area (Å²) in [5, 5.41) is 0. The predicted octanol–water partition coefficient (Wildman–Crippen LogP) is 3.96. The minimum absolute atomic E-state index is 0.00405. The molecule has 0 saturated heterocycles. The molecule has 10 heavy (non-hydrogen) atoms. The lowest BCUT2D eigenvalue weighted by Crippen LogP contribution is -2.10. The number of hydrogen-bond donors (Lipinski definition) is 0. The summed E-state index contributed by atoms with van der Waals surface area (Å²) in [6, 6.07) is 0. The van der Waals surface area contributed by atoms with E-state index in [0.29, 0.717) is 0 Å². The normalized spacial score (nSPS) is 13.4. The van der Waals surface area contributed by atoms with Crippen molar-refractivity contribution in [3.8, 4) is 0 Å². The number of halogens is 3. The maximum Gasteiger partial charge on any atom is 0.108 e. The molecule has 0 fully saturated rings. The van der Waals surface area contributed by atoms with Gasteiger partial charge in [-0.3, -0.25) is 0 Å². The van der Waals surface area contributed by atoms with Crippen LogP contribution in [0.25, 0.3) is 0 Å². The van der Waals surface area contributed by atoms with E-state index in [1.807, 2.05) is 19.9 Å². The standard InChI is InChI=1S/C7H11Cl3/c1-7(2,3-4-8)5-6(9)10/h3-4,6H,5H2,1-2H3. The highest BCUT2D eigenvalue weighted by molar-refractivity contribution is 6.44. The summed E-state index contributed by atoms with van der Waals surface area (Å²) in [5.74, 6) is 0. The molecule has 0 nitrogen and oxygen atoms in total. The van der Waals surface area contributed by atoms with Gasteiger partial charge in [0.1, 0.15) is 4.84 Å². The Morgan fingerprint density at radius 2 is 1.90 bits per heavy atom. The van der Waals surface area contributed by atoms with Crippen LogP contribution in [0.15, 0.2) is 11.6 Å². The summed E-state index contributed by atoms with van der Waals surface area (Å²) in [7, 11) is 0. The van der Waals surface area contributed by atoms with Gasteiger partial charge in [0.2, 0.25) is 0 Å². The molecule has 0 bridgehead atoms. The first-order chi connectivity index (χ1) is 4.48. The van der Waals surface area contributed by atoms with Crippen LogP contribution in [-0.4, -0.2) is 4.84 Å². The van der Waals surface area contributed by atoms with Crippen molar-refractivity contribution in [2.24, 2.45) is 5.41 Å². The smallest absolute Gasteiger partial charge is 0.105 e. The first kappa shape index (κ1) is 10.6. The zero-order chi connectivity index (χ0) is 8.20. The van der Waals surface area contributed by atoms with Crippen molar-refractivity contribution in [2.45, 2.75) is 25.1 Å². The minimum atomic E-state index is -0.317. The first-order valence-electron chi connectivity index (χ1n) is 3.04. The molecular weight excluding hydrogens is 190 g/mol. The Bertz CT molecular complexity index is 116. The van der Waals surface area contributed by atoms with Crippen LogP contribution in [0.5, 0.6) is 0 Å². The van der Waals surface area contributed by atoms with Crippen molar-refractivity contribution in [1.82, 2.24) is 0 Å². The van der Waals surface area contributed by atoms with E-state index in [4.69, 9.17) is 34.8 Å². The zero-order valence-electron chi connectivity index (χ0n) is 6.07. The zero-order valence-corrected chi connectivity index (χ0v) is 8.34. The highest BCUT2D eigenvalue weighted by atomic mass is 35.5. The molecule has 0 aliphatic rings. The van der Waals surface area contributed by atoms with Crippen molar-refractivity contribution >= 4 is 34.8 Å². The number of alkyl halides is 2. The van der Waals surface area contributed by atoms with Gasteiger partial charge in [-0.2, -0.15) is 0 Å². The maximum atomic E-state index is 5.59. The summed E-state index contributed by atoms with van der Waals surface area (Å²) >= 11 is 16.6. The average molecular weight is 202 g/mol. The summed E-state index contributed by atoms with van der Waals surface area (Å²) < 4.78 is 0. The molecule has 0 aliphatic heterocycles. The van der Waals surface area contributed by atoms with E-state index in [1.54, 1.807) is 0 Å². The summed E-state index contributed by atoms with van der Waals surface area (Å²) in [6.07, 6.45) is 2.60. The van der Waals surface area contributed by atoms with Crippen LogP contribution in [0.4, 0.5) is 0 Å². The lowest BCUT2D eigenvalue weighted by molar-refractivity contribution is 0.455. The molecular formula is C7H11Cl3. The molecule has 0 spiro atoms. The van der Waals surface area contributed by atoms with Gasteiger partial charge in [0.05, 0.1) is 0 Å². The molecule has 0 amide bonds. The van der Waals surface area contributed by atoms with Crippen molar-refractivity contribution < 1.29 is 0 Å². The molecule has 3 heteroatoms. The van der Waals surface area contributed by atoms with Gasteiger partial charge in [0.25, 0.3) is 0 Å². The minimum Gasteiger partial charge on any atom is -0.105 e. The molecule has 0 rings (SSSR count). The second kappa shape index (κ2) is 4.48. The number of hydrogen-bond acceptors (Lipinski definition) is 0.